The Morgan fingerprint density at radius 1 is 1.17 bits per heavy atom. The summed E-state index contributed by atoms with van der Waals surface area (Å²) in [5.74, 6) is 1.55. The van der Waals surface area contributed by atoms with Crippen molar-refractivity contribution < 1.29 is 5.11 Å². The van der Waals surface area contributed by atoms with Crippen molar-refractivity contribution in [2.75, 3.05) is 36.0 Å². The lowest BCUT2D eigenvalue weighted by molar-refractivity contribution is 0.252. The highest BCUT2D eigenvalue weighted by atomic mass is 16.3. The van der Waals surface area contributed by atoms with Crippen molar-refractivity contribution in [1.29, 1.82) is 0 Å². The van der Waals surface area contributed by atoms with Gasteiger partial charge in [0.25, 0.3) is 0 Å². The molecule has 23 heavy (non-hydrogen) atoms. The van der Waals surface area contributed by atoms with Crippen molar-refractivity contribution >= 4 is 11.8 Å². The van der Waals surface area contributed by atoms with Crippen LogP contribution in [-0.2, 0) is 0 Å². The lowest BCUT2D eigenvalue weighted by Gasteiger charge is -2.41. The molecule has 2 aromatic rings. The minimum absolute atomic E-state index is 0.0291. The summed E-state index contributed by atoms with van der Waals surface area (Å²) in [5.41, 5.74) is 1.04. The first kappa shape index (κ1) is 17.1. The minimum Gasteiger partial charge on any atom is -0.394 e. The molecule has 1 aliphatic rings. The Hall–Kier alpha value is -2.28. The smallest absolute Gasteiger partial charge is 0.225 e. The number of hydrogen-bond acceptors (Lipinski definition) is 7. The number of piperazine rings is 1. The van der Waals surface area contributed by atoms with Gasteiger partial charge >= 0.3 is 0 Å². The molecule has 1 saturated heterocycles. The largest absolute Gasteiger partial charge is 0.394 e. The number of aryl methyl sites for hydroxylation is 1. The summed E-state index contributed by atoms with van der Waals surface area (Å²) >= 11 is 0. The van der Waals surface area contributed by atoms with Crippen molar-refractivity contribution in [2.24, 2.45) is 0 Å². The van der Waals surface area contributed by atoms with Gasteiger partial charge in [0, 0.05) is 38.2 Å². The maximum atomic E-state index is 9.68. The standard InChI is InChI=1S/C14H18N6O.C2H6/c1-11-6-16-14(17-7-11)19-4-5-20(12(8-19)9-21)13-2-3-15-10-18-13;1-2/h2-3,6-7,10,12,21H,4-5,8-9H2,1H3;1-2H3. The number of aliphatic hydroxyl groups is 1. The van der Waals surface area contributed by atoms with Crippen molar-refractivity contribution in [3.05, 3.63) is 36.5 Å². The summed E-state index contributed by atoms with van der Waals surface area (Å²) in [6.07, 6.45) is 6.87. The van der Waals surface area contributed by atoms with Gasteiger partial charge in [-0.2, -0.15) is 0 Å². The Kier molecular flexibility index (Phi) is 6.22. The molecule has 0 saturated carbocycles. The third-order valence-corrected chi connectivity index (χ3v) is 3.60. The van der Waals surface area contributed by atoms with Crippen LogP contribution in [0.15, 0.2) is 31.0 Å². The normalized spacial score (nSPS) is 17.5. The maximum Gasteiger partial charge on any atom is 0.225 e. The molecule has 1 unspecified atom stereocenters. The molecule has 3 heterocycles. The molecule has 0 amide bonds. The van der Waals surface area contributed by atoms with E-state index in [1.807, 2.05) is 39.2 Å². The molecular weight excluding hydrogens is 292 g/mol. The number of hydrogen-bond donors (Lipinski definition) is 1. The predicted octanol–water partition coefficient (Wildman–Crippen LogP) is 1.29. The van der Waals surface area contributed by atoms with Gasteiger partial charge in [0.1, 0.15) is 12.1 Å². The molecular formula is C16H24N6O. The van der Waals surface area contributed by atoms with Gasteiger partial charge in [-0.25, -0.2) is 19.9 Å². The van der Waals surface area contributed by atoms with E-state index in [1.165, 1.54) is 6.33 Å². The van der Waals surface area contributed by atoms with E-state index in [4.69, 9.17) is 0 Å². The third-order valence-electron chi connectivity index (χ3n) is 3.60. The second kappa shape index (κ2) is 8.38. The van der Waals surface area contributed by atoms with Crippen LogP contribution >= 0.6 is 0 Å². The molecule has 1 aliphatic heterocycles. The summed E-state index contributed by atoms with van der Waals surface area (Å²) < 4.78 is 0. The molecule has 7 heteroatoms. The summed E-state index contributed by atoms with van der Waals surface area (Å²) in [6, 6.07) is 1.83. The summed E-state index contributed by atoms with van der Waals surface area (Å²) in [5, 5.41) is 9.68. The second-order valence-electron chi connectivity index (χ2n) is 5.10. The van der Waals surface area contributed by atoms with Crippen LogP contribution in [0.3, 0.4) is 0 Å². The number of anilines is 2. The number of aliphatic hydroxyl groups excluding tert-OH is 1. The number of nitrogens with zero attached hydrogens (tertiary/aromatic N) is 6. The third kappa shape index (κ3) is 4.13. The summed E-state index contributed by atoms with van der Waals surface area (Å²) in [7, 11) is 0. The molecule has 7 nitrogen and oxygen atoms in total. The van der Waals surface area contributed by atoms with Crippen LogP contribution < -0.4 is 9.80 Å². The Morgan fingerprint density at radius 3 is 2.52 bits per heavy atom. The molecule has 3 rings (SSSR count). The molecule has 1 fully saturated rings. The first-order valence-corrected chi connectivity index (χ1v) is 7.95. The molecule has 124 valence electrons. The van der Waals surface area contributed by atoms with Crippen LogP contribution in [-0.4, -0.2) is 57.3 Å². The molecule has 0 aliphatic carbocycles. The van der Waals surface area contributed by atoms with Gasteiger partial charge in [-0.1, -0.05) is 13.8 Å². The van der Waals surface area contributed by atoms with Gasteiger partial charge in [0.15, 0.2) is 0 Å². The zero-order valence-corrected chi connectivity index (χ0v) is 13.9. The fourth-order valence-electron chi connectivity index (χ4n) is 2.50. The fraction of sp³-hybridized carbons (Fsp3) is 0.500. The molecule has 0 radical (unpaired) electrons. The van der Waals surface area contributed by atoms with Crippen LogP contribution in [0, 0.1) is 6.92 Å². The van der Waals surface area contributed by atoms with E-state index in [-0.39, 0.29) is 12.6 Å². The van der Waals surface area contributed by atoms with Gasteiger partial charge in [-0.3, -0.25) is 0 Å². The van der Waals surface area contributed by atoms with E-state index in [0.717, 1.165) is 24.5 Å². The Balaban J connectivity index is 0.000000924. The predicted molar refractivity (Wildman–Crippen MR) is 90.6 cm³/mol. The quantitative estimate of drug-likeness (QED) is 0.914. The van der Waals surface area contributed by atoms with Crippen LogP contribution in [0.5, 0.6) is 0 Å². The Morgan fingerprint density at radius 2 is 1.91 bits per heavy atom. The van der Waals surface area contributed by atoms with Gasteiger partial charge in [-0.15, -0.1) is 0 Å². The molecule has 1 atom stereocenters. The maximum absolute atomic E-state index is 9.68. The molecule has 0 aromatic carbocycles. The van der Waals surface area contributed by atoms with E-state index in [0.29, 0.717) is 12.5 Å². The number of rotatable bonds is 3. The average Bonchev–Trinajstić information content (AvgIpc) is 2.64. The SMILES string of the molecule is CC.Cc1cnc(N2CCN(c3ccncn3)C(CO)C2)nc1. The van der Waals surface area contributed by atoms with E-state index in [1.54, 1.807) is 6.20 Å². The molecule has 0 spiro atoms. The zero-order chi connectivity index (χ0) is 16.7. The molecule has 2 aromatic heterocycles. The van der Waals surface area contributed by atoms with Crippen LogP contribution in [0.1, 0.15) is 19.4 Å². The summed E-state index contributed by atoms with van der Waals surface area (Å²) in [6.45, 7) is 8.26. The van der Waals surface area contributed by atoms with Crippen LogP contribution in [0.2, 0.25) is 0 Å². The monoisotopic (exact) mass is 316 g/mol. The highest BCUT2D eigenvalue weighted by Gasteiger charge is 2.28. The minimum atomic E-state index is -0.0291. The highest BCUT2D eigenvalue weighted by Crippen LogP contribution is 2.19. The average molecular weight is 316 g/mol. The number of aromatic nitrogens is 4. The summed E-state index contributed by atoms with van der Waals surface area (Å²) in [4.78, 5) is 21.1. The van der Waals surface area contributed by atoms with Crippen LogP contribution in [0.25, 0.3) is 0 Å². The van der Waals surface area contributed by atoms with Gasteiger partial charge in [-0.05, 0) is 18.6 Å². The van der Waals surface area contributed by atoms with Crippen LogP contribution in [0.4, 0.5) is 11.8 Å². The molecule has 1 N–H and O–H groups in total. The molecule has 0 bridgehead atoms. The second-order valence-corrected chi connectivity index (χ2v) is 5.10. The van der Waals surface area contributed by atoms with E-state index >= 15 is 0 Å². The van der Waals surface area contributed by atoms with E-state index < -0.39 is 0 Å². The Bertz CT molecular complexity index is 577. The first-order chi connectivity index (χ1) is 11.3. The topological polar surface area (TPSA) is 78.3 Å². The lowest BCUT2D eigenvalue weighted by atomic mass is 10.2. The van der Waals surface area contributed by atoms with E-state index in [2.05, 4.69) is 29.7 Å². The zero-order valence-electron chi connectivity index (χ0n) is 13.9. The van der Waals surface area contributed by atoms with Crippen molar-refractivity contribution in [1.82, 2.24) is 19.9 Å². The fourth-order valence-corrected chi connectivity index (χ4v) is 2.50. The van der Waals surface area contributed by atoms with Gasteiger partial charge in [0.05, 0.1) is 12.6 Å². The van der Waals surface area contributed by atoms with Crippen molar-refractivity contribution in [3.63, 3.8) is 0 Å². The van der Waals surface area contributed by atoms with Gasteiger partial charge in [0.2, 0.25) is 5.95 Å². The first-order valence-electron chi connectivity index (χ1n) is 7.95. The highest BCUT2D eigenvalue weighted by molar-refractivity contribution is 5.43. The Labute approximate surface area is 137 Å². The lowest BCUT2D eigenvalue weighted by Crippen LogP contribution is -2.55. The van der Waals surface area contributed by atoms with Crippen molar-refractivity contribution in [3.8, 4) is 0 Å². The van der Waals surface area contributed by atoms with Gasteiger partial charge < -0.3 is 14.9 Å². The van der Waals surface area contributed by atoms with Crippen molar-refractivity contribution in [2.45, 2.75) is 26.8 Å². The van der Waals surface area contributed by atoms with E-state index in [9.17, 15) is 5.11 Å².